The Bertz CT molecular complexity index is 384. The molecular formula is C13H16BrF2N. The molecule has 1 fully saturated rings. The molecule has 1 saturated heterocycles. The largest absolute Gasteiger partial charge is 0.299 e. The predicted molar refractivity (Wildman–Crippen MR) is 68.2 cm³/mol. The Balaban J connectivity index is 1.96. The summed E-state index contributed by atoms with van der Waals surface area (Å²) in [6, 6.07) is 4.40. The molecule has 1 aliphatic heterocycles. The third-order valence-electron chi connectivity index (χ3n) is 3.31. The van der Waals surface area contributed by atoms with Crippen molar-refractivity contribution in [3.63, 3.8) is 0 Å². The zero-order valence-corrected chi connectivity index (χ0v) is 11.2. The number of alkyl halides is 1. The van der Waals surface area contributed by atoms with Gasteiger partial charge in [-0.05, 0) is 31.4 Å². The van der Waals surface area contributed by atoms with Crippen molar-refractivity contribution < 1.29 is 8.78 Å². The highest BCUT2D eigenvalue weighted by Crippen LogP contribution is 2.23. The van der Waals surface area contributed by atoms with Gasteiger partial charge in [0.15, 0.2) is 11.6 Å². The third kappa shape index (κ3) is 3.26. The first-order chi connectivity index (χ1) is 8.20. The van der Waals surface area contributed by atoms with E-state index in [2.05, 4.69) is 20.8 Å². The van der Waals surface area contributed by atoms with Gasteiger partial charge in [0.25, 0.3) is 0 Å². The fraction of sp³-hybridized carbons (Fsp3) is 0.538. The number of hydrogen-bond acceptors (Lipinski definition) is 1. The monoisotopic (exact) mass is 303 g/mol. The molecule has 17 heavy (non-hydrogen) atoms. The number of nitrogens with zero attached hydrogens (tertiary/aromatic N) is 1. The topological polar surface area (TPSA) is 3.24 Å². The van der Waals surface area contributed by atoms with Crippen LogP contribution < -0.4 is 0 Å². The number of benzene rings is 1. The molecule has 0 amide bonds. The van der Waals surface area contributed by atoms with E-state index in [-0.39, 0.29) is 0 Å². The first-order valence-electron chi connectivity index (χ1n) is 5.92. The minimum atomic E-state index is -0.751. The summed E-state index contributed by atoms with van der Waals surface area (Å²) >= 11 is 3.44. The summed E-state index contributed by atoms with van der Waals surface area (Å²) in [5.41, 5.74) is 0.462. The molecule has 1 heterocycles. The third-order valence-corrected chi connectivity index (χ3v) is 3.77. The molecule has 4 heteroatoms. The molecule has 1 nitrogen and oxygen atoms in total. The maximum absolute atomic E-state index is 13.5. The fourth-order valence-electron chi connectivity index (χ4n) is 2.36. The molecule has 0 radical (unpaired) electrons. The first kappa shape index (κ1) is 13.0. The molecule has 0 aliphatic carbocycles. The van der Waals surface area contributed by atoms with Gasteiger partial charge in [0.1, 0.15) is 0 Å². The Kier molecular flexibility index (Phi) is 4.51. The van der Waals surface area contributed by atoms with Crippen LogP contribution >= 0.6 is 15.9 Å². The standard InChI is InChI=1S/C13H16BrF2N/c14-6-4-10-5-7-17(8-10)9-11-2-1-3-12(15)13(11)16/h1-3,10H,4-9H2. The van der Waals surface area contributed by atoms with Gasteiger partial charge in [-0.25, -0.2) is 8.78 Å². The van der Waals surface area contributed by atoms with Crippen LogP contribution in [0.2, 0.25) is 0 Å². The van der Waals surface area contributed by atoms with Crippen LogP contribution in [0.5, 0.6) is 0 Å². The lowest BCUT2D eigenvalue weighted by Gasteiger charge is -2.16. The van der Waals surface area contributed by atoms with Crippen molar-refractivity contribution >= 4 is 15.9 Å². The number of likely N-dealkylation sites (tertiary alicyclic amines) is 1. The Hall–Kier alpha value is -0.480. The number of halogens is 3. The smallest absolute Gasteiger partial charge is 0.163 e. The lowest BCUT2D eigenvalue weighted by Crippen LogP contribution is -2.21. The summed E-state index contributed by atoms with van der Waals surface area (Å²) in [5, 5.41) is 1.01. The molecule has 1 unspecified atom stereocenters. The second kappa shape index (κ2) is 5.91. The van der Waals surface area contributed by atoms with E-state index in [1.54, 1.807) is 12.1 Å². The van der Waals surface area contributed by atoms with Gasteiger partial charge in [-0.1, -0.05) is 28.1 Å². The SMILES string of the molecule is Fc1cccc(CN2CCC(CCBr)C2)c1F. The quantitative estimate of drug-likeness (QED) is 0.769. The van der Waals surface area contributed by atoms with Crippen LogP contribution in [0, 0.1) is 17.6 Å². The Morgan fingerprint density at radius 1 is 1.35 bits per heavy atom. The van der Waals surface area contributed by atoms with Gasteiger partial charge in [0, 0.05) is 24.0 Å². The zero-order valence-electron chi connectivity index (χ0n) is 9.63. The summed E-state index contributed by atoms with van der Waals surface area (Å²) in [7, 11) is 0. The molecule has 0 saturated carbocycles. The van der Waals surface area contributed by atoms with E-state index in [1.807, 2.05) is 0 Å². The minimum Gasteiger partial charge on any atom is -0.299 e. The number of rotatable bonds is 4. The molecule has 0 spiro atoms. The molecule has 2 rings (SSSR count). The van der Waals surface area contributed by atoms with Crippen molar-refractivity contribution in [2.24, 2.45) is 5.92 Å². The van der Waals surface area contributed by atoms with E-state index in [4.69, 9.17) is 0 Å². The van der Waals surface area contributed by atoms with E-state index in [0.29, 0.717) is 18.0 Å². The lowest BCUT2D eigenvalue weighted by molar-refractivity contribution is 0.308. The fourth-order valence-corrected chi connectivity index (χ4v) is 3.01. The summed E-state index contributed by atoms with van der Waals surface area (Å²) in [4.78, 5) is 2.20. The van der Waals surface area contributed by atoms with Crippen LogP contribution in [0.4, 0.5) is 8.78 Å². The van der Waals surface area contributed by atoms with Crippen molar-refractivity contribution in [1.82, 2.24) is 4.90 Å². The molecule has 0 N–H and O–H groups in total. The molecular weight excluding hydrogens is 288 g/mol. The van der Waals surface area contributed by atoms with Gasteiger partial charge in [0.2, 0.25) is 0 Å². The maximum atomic E-state index is 13.5. The van der Waals surface area contributed by atoms with Gasteiger partial charge in [-0.15, -0.1) is 0 Å². The summed E-state index contributed by atoms with van der Waals surface area (Å²) in [6.07, 6.45) is 2.31. The van der Waals surface area contributed by atoms with Crippen LogP contribution in [-0.4, -0.2) is 23.3 Å². The van der Waals surface area contributed by atoms with Gasteiger partial charge in [-0.2, -0.15) is 0 Å². The van der Waals surface area contributed by atoms with Crippen molar-refractivity contribution in [1.29, 1.82) is 0 Å². The average molecular weight is 304 g/mol. The van der Waals surface area contributed by atoms with E-state index < -0.39 is 11.6 Å². The van der Waals surface area contributed by atoms with E-state index in [0.717, 1.165) is 37.3 Å². The van der Waals surface area contributed by atoms with Gasteiger partial charge < -0.3 is 0 Å². The highest BCUT2D eigenvalue weighted by molar-refractivity contribution is 9.09. The van der Waals surface area contributed by atoms with Gasteiger partial charge >= 0.3 is 0 Å². The Morgan fingerprint density at radius 2 is 2.18 bits per heavy atom. The highest BCUT2D eigenvalue weighted by atomic mass is 79.9. The molecule has 1 aromatic carbocycles. The van der Waals surface area contributed by atoms with Crippen LogP contribution in [0.3, 0.4) is 0 Å². The van der Waals surface area contributed by atoms with Gasteiger partial charge in [0.05, 0.1) is 0 Å². The van der Waals surface area contributed by atoms with Crippen molar-refractivity contribution in [2.45, 2.75) is 19.4 Å². The van der Waals surface area contributed by atoms with Crippen LogP contribution in [0.1, 0.15) is 18.4 Å². The summed E-state index contributed by atoms with van der Waals surface area (Å²) in [6.45, 7) is 2.48. The number of hydrogen-bond donors (Lipinski definition) is 0. The summed E-state index contributed by atoms with van der Waals surface area (Å²) in [5.74, 6) is -0.763. The molecule has 0 bridgehead atoms. The molecule has 1 aliphatic rings. The van der Waals surface area contributed by atoms with Crippen molar-refractivity contribution in [3.05, 3.63) is 35.4 Å². The van der Waals surface area contributed by atoms with Crippen molar-refractivity contribution in [3.8, 4) is 0 Å². The second-order valence-electron chi connectivity index (χ2n) is 4.58. The maximum Gasteiger partial charge on any atom is 0.163 e. The van der Waals surface area contributed by atoms with Crippen LogP contribution in [-0.2, 0) is 6.54 Å². The zero-order chi connectivity index (χ0) is 12.3. The first-order valence-corrected chi connectivity index (χ1v) is 7.04. The normalized spacial score (nSPS) is 21.0. The van der Waals surface area contributed by atoms with Crippen LogP contribution in [0.25, 0.3) is 0 Å². The lowest BCUT2D eigenvalue weighted by atomic mass is 10.1. The van der Waals surface area contributed by atoms with E-state index in [9.17, 15) is 8.78 Å². The van der Waals surface area contributed by atoms with Gasteiger partial charge in [-0.3, -0.25) is 4.90 Å². The molecule has 0 aromatic heterocycles. The second-order valence-corrected chi connectivity index (χ2v) is 5.37. The molecule has 1 atom stereocenters. The Morgan fingerprint density at radius 3 is 2.94 bits per heavy atom. The van der Waals surface area contributed by atoms with E-state index in [1.165, 1.54) is 0 Å². The highest BCUT2D eigenvalue weighted by Gasteiger charge is 2.22. The predicted octanol–water partition coefficient (Wildman–Crippen LogP) is 3.57. The summed E-state index contributed by atoms with van der Waals surface area (Å²) < 4.78 is 26.5. The molecule has 1 aromatic rings. The van der Waals surface area contributed by atoms with Crippen molar-refractivity contribution in [2.75, 3.05) is 18.4 Å². The Labute approximate surface area is 109 Å². The average Bonchev–Trinajstić information content (AvgIpc) is 2.73. The minimum absolute atomic E-state index is 0.462. The van der Waals surface area contributed by atoms with E-state index >= 15 is 0 Å². The van der Waals surface area contributed by atoms with Crippen LogP contribution in [0.15, 0.2) is 18.2 Å². The molecule has 94 valence electrons.